The summed E-state index contributed by atoms with van der Waals surface area (Å²) in [5.74, 6) is 0.850. The number of benzene rings is 1. The third kappa shape index (κ3) is 2.63. The van der Waals surface area contributed by atoms with Crippen LogP contribution in [0.1, 0.15) is 24.4 Å². The zero-order chi connectivity index (χ0) is 11.4. The molecule has 1 aliphatic heterocycles. The summed E-state index contributed by atoms with van der Waals surface area (Å²) in [6.07, 6.45) is 2.60. The highest BCUT2D eigenvalue weighted by Gasteiger charge is 2.29. The van der Waals surface area contributed by atoms with E-state index in [-0.39, 0.29) is 0 Å². The van der Waals surface area contributed by atoms with Crippen LogP contribution >= 0.6 is 0 Å². The summed E-state index contributed by atoms with van der Waals surface area (Å²) in [7, 11) is 4.28. The third-order valence-corrected chi connectivity index (χ3v) is 3.62. The number of nitrogens with zero attached hydrogens (tertiary/aromatic N) is 1. The van der Waals surface area contributed by atoms with Gasteiger partial charge in [-0.1, -0.05) is 30.3 Å². The fraction of sp³-hybridized carbons (Fsp3) is 0.571. The summed E-state index contributed by atoms with van der Waals surface area (Å²) in [5.41, 5.74) is 1.47. The second kappa shape index (κ2) is 5.46. The lowest BCUT2D eigenvalue weighted by Gasteiger charge is -2.19. The predicted octanol–water partition coefficient (Wildman–Crippen LogP) is 2.29. The lowest BCUT2D eigenvalue weighted by Crippen LogP contribution is -2.19. The molecule has 1 fully saturated rings. The van der Waals surface area contributed by atoms with Crippen molar-refractivity contribution in [1.82, 2.24) is 10.2 Å². The van der Waals surface area contributed by atoms with Crippen LogP contribution in [0.15, 0.2) is 30.3 Å². The van der Waals surface area contributed by atoms with Gasteiger partial charge in [-0.3, -0.25) is 4.90 Å². The summed E-state index contributed by atoms with van der Waals surface area (Å²) < 4.78 is 0. The number of hydrogen-bond donors (Lipinski definition) is 1. The molecule has 0 radical (unpaired) electrons. The first-order valence-corrected chi connectivity index (χ1v) is 6.21. The van der Waals surface area contributed by atoms with Crippen molar-refractivity contribution >= 4 is 0 Å². The van der Waals surface area contributed by atoms with E-state index < -0.39 is 0 Å². The van der Waals surface area contributed by atoms with E-state index in [0.717, 1.165) is 12.5 Å². The highest BCUT2D eigenvalue weighted by molar-refractivity contribution is 5.20. The fourth-order valence-corrected chi connectivity index (χ4v) is 2.73. The van der Waals surface area contributed by atoms with Crippen molar-refractivity contribution in [2.24, 2.45) is 5.92 Å². The standard InChI is InChI=1S/C14H22N2/c1-15-9-8-12-10-14(16(2)11-12)13-6-4-3-5-7-13/h3-7,12,14-15H,8-11H2,1-2H3. The van der Waals surface area contributed by atoms with Crippen LogP contribution in [0, 0.1) is 5.92 Å². The van der Waals surface area contributed by atoms with Gasteiger partial charge in [0.1, 0.15) is 0 Å². The van der Waals surface area contributed by atoms with Crippen LogP contribution in [0.4, 0.5) is 0 Å². The molecule has 2 nitrogen and oxygen atoms in total. The van der Waals surface area contributed by atoms with E-state index in [0.29, 0.717) is 6.04 Å². The van der Waals surface area contributed by atoms with Gasteiger partial charge in [0, 0.05) is 12.6 Å². The molecule has 16 heavy (non-hydrogen) atoms. The zero-order valence-electron chi connectivity index (χ0n) is 10.3. The largest absolute Gasteiger partial charge is 0.320 e. The van der Waals surface area contributed by atoms with Crippen molar-refractivity contribution < 1.29 is 0 Å². The van der Waals surface area contributed by atoms with Gasteiger partial charge in [-0.15, -0.1) is 0 Å². The summed E-state index contributed by atoms with van der Waals surface area (Å²) in [4.78, 5) is 2.50. The van der Waals surface area contributed by atoms with Gasteiger partial charge in [-0.05, 0) is 45.0 Å². The first-order valence-electron chi connectivity index (χ1n) is 6.21. The van der Waals surface area contributed by atoms with Crippen molar-refractivity contribution in [1.29, 1.82) is 0 Å². The molecular weight excluding hydrogens is 196 g/mol. The Morgan fingerprint density at radius 1 is 1.31 bits per heavy atom. The van der Waals surface area contributed by atoms with Crippen molar-refractivity contribution in [2.75, 3.05) is 27.2 Å². The third-order valence-electron chi connectivity index (χ3n) is 3.62. The number of rotatable bonds is 4. The van der Waals surface area contributed by atoms with Gasteiger partial charge in [0.15, 0.2) is 0 Å². The van der Waals surface area contributed by atoms with E-state index in [2.05, 4.69) is 47.6 Å². The molecule has 2 rings (SSSR count). The van der Waals surface area contributed by atoms with Crippen LogP contribution in [0.2, 0.25) is 0 Å². The molecule has 0 amide bonds. The van der Waals surface area contributed by atoms with Gasteiger partial charge in [0.25, 0.3) is 0 Å². The molecule has 2 atom stereocenters. The molecular formula is C14H22N2. The first-order chi connectivity index (χ1) is 7.81. The Hall–Kier alpha value is -0.860. The Kier molecular flexibility index (Phi) is 3.97. The van der Waals surface area contributed by atoms with Gasteiger partial charge < -0.3 is 5.32 Å². The van der Waals surface area contributed by atoms with E-state index in [1.807, 2.05) is 7.05 Å². The van der Waals surface area contributed by atoms with Crippen molar-refractivity contribution in [3.63, 3.8) is 0 Å². The topological polar surface area (TPSA) is 15.3 Å². The van der Waals surface area contributed by atoms with Crippen LogP contribution in [0.25, 0.3) is 0 Å². The summed E-state index contributed by atoms with van der Waals surface area (Å²) in [6.45, 7) is 2.38. The fourth-order valence-electron chi connectivity index (χ4n) is 2.73. The second-order valence-corrected chi connectivity index (χ2v) is 4.86. The minimum Gasteiger partial charge on any atom is -0.320 e. The molecule has 0 aromatic heterocycles. The van der Waals surface area contributed by atoms with Crippen LogP contribution in [0.3, 0.4) is 0 Å². The lowest BCUT2D eigenvalue weighted by molar-refractivity contribution is 0.312. The summed E-state index contributed by atoms with van der Waals surface area (Å²) >= 11 is 0. The van der Waals surface area contributed by atoms with E-state index >= 15 is 0 Å². The zero-order valence-corrected chi connectivity index (χ0v) is 10.3. The van der Waals surface area contributed by atoms with Gasteiger partial charge in [-0.25, -0.2) is 0 Å². The molecule has 1 N–H and O–H groups in total. The highest BCUT2D eigenvalue weighted by Crippen LogP contribution is 2.35. The lowest BCUT2D eigenvalue weighted by atomic mass is 9.98. The van der Waals surface area contributed by atoms with Gasteiger partial charge in [-0.2, -0.15) is 0 Å². The minimum absolute atomic E-state index is 0.628. The van der Waals surface area contributed by atoms with Crippen molar-refractivity contribution in [3.8, 4) is 0 Å². The molecule has 88 valence electrons. The second-order valence-electron chi connectivity index (χ2n) is 4.86. The smallest absolute Gasteiger partial charge is 0.0348 e. The molecule has 2 unspecified atom stereocenters. The Morgan fingerprint density at radius 2 is 2.06 bits per heavy atom. The molecule has 1 aromatic carbocycles. The Bertz CT molecular complexity index is 310. The molecule has 1 saturated heterocycles. The van der Waals surface area contributed by atoms with Crippen molar-refractivity contribution in [3.05, 3.63) is 35.9 Å². The maximum absolute atomic E-state index is 3.25. The SMILES string of the molecule is CNCCC1CC(c2ccccc2)N(C)C1. The number of likely N-dealkylation sites (tertiary alicyclic amines) is 1. The molecule has 1 heterocycles. The Balaban J connectivity index is 1.97. The molecule has 1 aliphatic rings. The van der Waals surface area contributed by atoms with E-state index in [4.69, 9.17) is 0 Å². The van der Waals surface area contributed by atoms with E-state index in [1.54, 1.807) is 0 Å². The van der Waals surface area contributed by atoms with Gasteiger partial charge in [0.05, 0.1) is 0 Å². The summed E-state index contributed by atoms with van der Waals surface area (Å²) in [6, 6.07) is 11.5. The maximum Gasteiger partial charge on any atom is 0.0348 e. The van der Waals surface area contributed by atoms with Crippen LogP contribution in [0.5, 0.6) is 0 Å². The Morgan fingerprint density at radius 3 is 2.75 bits per heavy atom. The summed E-state index contributed by atoms with van der Waals surface area (Å²) in [5, 5.41) is 3.25. The van der Waals surface area contributed by atoms with Gasteiger partial charge in [0.2, 0.25) is 0 Å². The molecule has 0 spiro atoms. The van der Waals surface area contributed by atoms with Crippen LogP contribution in [-0.2, 0) is 0 Å². The quantitative estimate of drug-likeness (QED) is 0.834. The predicted molar refractivity (Wildman–Crippen MR) is 68.5 cm³/mol. The highest BCUT2D eigenvalue weighted by atomic mass is 15.2. The molecule has 0 aliphatic carbocycles. The molecule has 0 bridgehead atoms. The molecule has 2 heteroatoms. The normalized spacial score (nSPS) is 26.1. The molecule has 0 saturated carbocycles. The number of hydrogen-bond acceptors (Lipinski definition) is 2. The first kappa shape index (κ1) is 11.6. The Labute approximate surface area is 98.7 Å². The van der Waals surface area contributed by atoms with Crippen molar-refractivity contribution in [2.45, 2.75) is 18.9 Å². The monoisotopic (exact) mass is 218 g/mol. The van der Waals surface area contributed by atoms with E-state index in [9.17, 15) is 0 Å². The van der Waals surface area contributed by atoms with Crippen LogP contribution < -0.4 is 5.32 Å². The minimum atomic E-state index is 0.628. The maximum atomic E-state index is 3.25. The van der Waals surface area contributed by atoms with Crippen LogP contribution in [-0.4, -0.2) is 32.1 Å². The molecule has 1 aromatic rings. The average Bonchev–Trinajstić information content (AvgIpc) is 2.69. The van der Waals surface area contributed by atoms with E-state index in [1.165, 1.54) is 24.9 Å². The van der Waals surface area contributed by atoms with Gasteiger partial charge >= 0.3 is 0 Å². The number of nitrogens with one attached hydrogen (secondary N) is 1. The average molecular weight is 218 g/mol.